The normalized spacial score (nSPS) is 11.7. The number of sulfonamides is 1. The van der Waals surface area contributed by atoms with Crippen LogP contribution in [0.4, 0.5) is 0 Å². The van der Waals surface area contributed by atoms with Gasteiger partial charge in [-0.2, -0.15) is 0 Å². The number of rotatable bonds is 6. The largest absolute Gasteiger partial charge is 0.465 e. The van der Waals surface area contributed by atoms with Crippen LogP contribution in [0.1, 0.15) is 10.4 Å². The van der Waals surface area contributed by atoms with Crippen LogP contribution in [0.5, 0.6) is 0 Å². The van der Waals surface area contributed by atoms with E-state index in [1.54, 1.807) is 6.07 Å². The summed E-state index contributed by atoms with van der Waals surface area (Å²) in [5.41, 5.74) is -0.000715. The molecule has 1 aromatic rings. The third kappa shape index (κ3) is 4.55. The Morgan fingerprint density at radius 1 is 1.40 bits per heavy atom. The summed E-state index contributed by atoms with van der Waals surface area (Å²) in [5.74, 6) is -0.695. The van der Waals surface area contributed by atoms with Gasteiger partial charge in [0.05, 0.1) is 17.6 Å². The van der Waals surface area contributed by atoms with Gasteiger partial charge in [-0.3, -0.25) is 0 Å². The summed E-state index contributed by atoms with van der Waals surface area (Å²) in [6.45, 7) is 0.815. The molecule has 0 unspecified atom stereocenters. The fourth-order valence-electron chi connectivity index (χ4n) is 1.49. The summed E-state index contributed by atoms with van der Waals surface area (Å²) in [6.07, 6.45) is 0. The second-order valence-electron chi connectivity index (χ2n) is 4.33. The molecular weight excluding hydrogens is 348 g/mol. The number of benzene rings is 1. The molecule has 0 aromatic heterocycles. The molecule has 20 heavy (non-hydrogen) atoms. The average molecular weight is 365 g/mol. The first-order valence-electron chi connectivity index (χ1n) is 5.80. The van der Waals surface area contributed by atoms with Gasteiger partial charge in [0.2, 0.25) is 10.0 Å². The van der Waals surface area contributed by atoms with Crippen molar-refractivity contribution in [2.24, 2.45) is 0 Å². The van der Waals surface area contributed by atoms with Gasteiger partial charge in [-0.25, -0.2) is 17.9 Å². The lowest BCUT2D eigenvalue weighted by Crippen LogP contribution is -2.32. The lowest BCUT2D eigenvalue weighted by molar-refractivity contribution is 0.0596. The zero-order valence-electron chi connectivity index (χ0n) is 11.5. The minimum atomic E-state index is -3.76. The second-order valence-corrected chi connectivity index (χ2v) is 6.98. The topological polar surface area (TPSA) is 75.7 Å². The van der Waals surface area contributed by atoms with E-state index >= 15 is 0 Å². The Bertz CT molecular complexity index is 587. The molecule has 0 fully saturated rings. The maximum absolute atomic E-state index is 12.2. The number of nitrogens with one attached hydrogen (secondary N) is 1. The molecule has 112 valence electrons. The molecular formula is C12H17BrN2O4S. The van der Waals surface area contributed by atoms with Gasteiger partial charge < -0.3 is 9.64 Å². The van der Waals surface area contributed by atoms with Crippen molar-refractivity contribution in [2.75, 3.05) is 34.3 Å². The highest BCUT2D eigenvalue weighted by molar-refractivity contribution is 9.10. The van der Waals surface area contributed by atoms with Crippen LogP contribution >= 0.6 is 15.9 Å². The van der Waals surface area contributed by atoms with Crippen molar-refractivity contribution in [3.63, 3.8) is 0 Å². The Labute approximate surface area is 127 Å². The number of hydrogen-bond donors (Lipinski definition) is 1. The first-order chi connectivity index (χ1) is 9.27. The summed E-state index contributed by atoms with van der Waals surface area (Å²) in [7, 11) is 1.13. The maximum atomic E-state index is 12.2. The van der Waals surface area contributed by atoms with E-state index in [0.29, 0.717) is 11.0 Å². The number of esters is 1. The minimum absolute atomic E-state index is 0.000715. The Balaban J connectivity index is 3.08. The number of hydrogen-bond acceptors (Lipinski definition) is 5. The summed E-state index contributed by atoms with van der Waals surface area (Å²) in [5, 5.41) is 0. The molecule has 0 heterocycles. The summed E-state index contributed by atoms with van der Waals surface area (Å²) < 4.78 is 32.1. The van der Waals surface area contributed by atoms with E-state index in [9.17, 15) is 13.2 Å². The number of carbonyl (C=O) groups is 1. The molecule has 1 aromatic carbocycles. The van der Waals surface area contributed by atoms with Gasteiger partial charge in [-0.05, 0) is 32.3 Å². The molecule has 6 nitrogen and oxygen atoms in total. The van der Waals surface area contributed by atoms with Gasteiger partial charge in [-0.15, -0.1) is 0 Å². The first kappa shape index (κ1) is 17.1. The van der Waals surface area contributed by atoms with Gasteiger partial charge in [0, 0.05) is 17.6 Å². The van der Waals surface area contributed by atoms with Crippen LogP contribution in [0.2, 0.25) is 0 Å². The molecule has 0 saturated carbocycles. The van der Waals surface area contributed by atoms with Crippen molar-refractivity contribution in [1.82, 2.24) is 9.62 Å². The zero-order valence-corrected chi connectivity index (χ0v) is 13.9. The average Bonchev–Trinajstić information content (AvgIpc) is 2.36. The lowest BCUT2D eigenvalue weighted by atomic mass is 10.2. The van der Waals surface area contributed by atoms with Crippen LogP contribution in [0.15, 0.2) is 27.6 Å². The van der Waals surface area contributed by atoms with Gasteiger partial charge in [0.15, 0.2) is 0 Å². The van der Waals surface area contributed by atoms with Crippen LogP contribution < -0.4 is 4.72 Å². The monoisotopic (exact) mass is 364 g/mol. The number of carbonyl (C=O) groups excluding carboxylic acids is 1. The SMILES string of the molecule is COC(=O)c1cc(Br)ccc1S(=O)(=O)NCCN(C)C. The van der Waals surface area contributed by atoms with Gasteiger partial charge >= 0.3 is 5.97 Å². The smallest absolute Gasteiger partial charge is 0.339 e. The molecule has 1 N–H and O–H groups in total. The summed E-state index contributed by atoms with van der Waals surface area (Å²) >= 11 is 3.20. The van der Waals surface area contributed by atoms with E-state index in [1.165, 1.54) is 19.2 Å². The maximum Gasteiger partial charge on any atom is 0.339 e. The van der Waals surface area contributed by atoms with Crippen LogP contribution in [-0.4, -0.2) is 53.6 Å². The molecule has 0 amide bonds. The molecule has 0 aliphatic rings. The quantitative estimate of drug-likeness (QED) is 0.764. The van der Waals surface area contributed by atoms with Gasteiger partial charge in [0.25, 0.3) is 0 Å². The molecule has 0 aliphatic carbocycles. The van der Waals surface area contributed by atoms with E-state index in [1.807, 2.05) is 19.0 Å². The third-order valence-electron chi connectivity index (χ3n) is 2.49. The highest BCUT2D eigenvalue weighted by Crippen LogP contribution is 2.21. The predicted octanol–water partition coefficient (Wildman–Crippen LogP) is 1.08. The highest BCUT2D eigenvalue weighted by atomic mass is 79.9. The predicted molar refractivity (Wildman–Crippen MR) is 79.2 cm³/mol. The van der Waals surface area contributed by atoms with Crippen molar-refractivity contribution in [2.45, 2.75) is 4.90 Å². The van der Waals surface area contributed by atoms with Crippen LogP contribution in [-0.2, 0) is 14.8 Å². The zero-order chi connectivity index (χ0) is 15.3. The number of nitrogens with zero attached hydrogens (tertiary/aromatic N) is 1. The van der Waals surface area contributed by atoms with E-state index in [2.05, 4.69) is 25.4 Å². The van der Waals surface area contributed by atoms with Crippen molar-refractivity contribution >= 4 is 31.9 Å². The molecule has 0 atom stereocenters. The Morgan fingerprint density at radius 3 is 2.60 bits per heavy atom. The minimum Gasteiger partial charge on any atom is -0.465 e. The number of halogens is 1. The van der Waals surface area contributed by atoms with Crippen molar-refractivity contribution < 1.29 is 17.9 Å². The summed E-state index contributed by atoms with van der Waals surface area (Å²) in [6, 6.07) is 4.35. The summed E-state index contributed by atoms with van der Waals surface area (Å²) in [4.78, 5) is 13.4. The lowest BCUT2D eigenvalue weighted by Gasteiger charge is -2.13. The molecule has 0 bridgehead atoms. The van der Waals surface area contributed by atoms with Crippen LogP contribution in [0.3, 0.4) is 0 Å². The molecule has 0 spiro atoms. The second kappa shape index (κ2) is 7.16. The molecule has 0 aliphatic heterocycles. The molecule has 0 saturated heterocycles. The Morgan fingerprint density at radius 2 is 2.05 bits per heavy atom. The van der Waals surface area contributed by atoms with Crippen molar-refractivity contribution in [3.8, 4) is 0 Å². The highest BCUT2D eigenvalue weighted by Gasteiger charge is 2.23. The van der Waals surface area contributed by atoms with E-state index < -0.39 is 16.0 Å². The van der Waals surface area contributed by atoms with Gasteiger partial charge in [-0.1, -0.05) is 15.9 Å². The first-order valence-corrected chi connectivity index (χ1v) is 8.08. The van der Waals surface area contributed by atoms with Crippen LogP contribution in [0, 0.1) is 0 Å². The Hall–Kier alpha value is -0.960. The molecule has 1 rings (SSSR count). The van der Waals surface area contributed by atoms with Crippen molar-refractivity contribution in [1.29, 1.82) is 0 Å². The van der Waals surface area contributed by atoms with Crippen molar-refractivity contribution in [3.05, 3.63) is 28.2 Å². The number of likely N-dealkylation sites (N-methyl/N-ethyl adjacent to an activating group) is 1. The standard InChI is InChI=1S/C12H17BrN2O4S/c1-15(2)7-6-14-20(17,18)11-5-4-9(13)8-10(11)12(16)19-3/h4-5,8,14H,6-7H2,1-3H3. The van der Waals surface area contributed by atoms with Crippen LogP contribution in [0.25, 0.3) is 0 Å². The Kier molecular flexibility index (Phi) is 6.12. The number of methoxy groups -OCH3 is 1. The third-order valence-corrected chi connectivity index (χ3v) is 4.50. The fourth-order valence-corrected chi connectivity index (χ4v) is 3.04. The van der Waals surface area contributed by atoms with E-state index in [-0.39, 0.29) is 17.0 Å². The van der Waals surface area contributed by atoms with E-state index in [4.69, 9.17) is 0 Å². The number of ether oxygens (including phenoxy) is 1. The fraction of sp³-hybridized carbons (Fsp3) is 0.417. The van der Waals surface area contributed by atoms with E-state index in [0.717, 1.165) is 0 Å². The molecule has 0 radical (unpaired) electrons. The van der Waals surface area contributed by atoms with Gasteiger partial charge in [0.1, 0.15) is 0 Å². The molecule has 8 heteroatoms.